The van der Waals surface area contributed by atoms with E-state index in [2.05, 4.69) is 43.6 Å². The fraction of sp³-hybridized carbons (Fsp3) is 0.762. The van der Waals surface area contributed by atoms with Gasteiger partial charge in [-0.1, -0.05) is 34.1 Å². The van der Waals surface area contributed by atoms with Gasteiger partial charge in [0.05, 0.1) is 23.8 Å². The summed E-state index contributed by atoms with van der Waals surface area (Å²) in [5, 5.41) is 10.8. The Labute approximate surface area is 168 Å². The summed E-state index contributed by atoms with van der Waals surface area (Å²) in [5.74, 6) is 0.0492. The molecule has 0 bridgehead atoms. The molecule has 1 N–H and O–H groups in total. The zero-order valence-corrected chi connectivity index (χ0v) is 18.4. The number of carboxylic acid groups (broad SMARTS) is 1. The van der Waals surface area contributed by atoms with Crippen molar-refractivity contribution in [3.63, 3.8) is 0 Å². The number of hydrogen-bond donors (Lipinski definition) is 1. The molecule has 0 aromatic carbocycles. The van der Waals surface area contributed by atoms with Crippen molar-refractivity contribution in [2.75, 3.05) is 38.6 Å². The van der Waals surface area contributed by atoms with E-state index in [1.54, 1.807) is 11.8 Å². The second-order valence-corrected chi connectivity index (χ2v) is 9.79. The Morgan fingerprint density at radius 1 is 1.30 bits per heavy atom. The molecule has 0 aromatic rings. The monoisotopic (exact) mass is 396 g/mol. The Morgan fingerprint density at radius 2 is 1.96 bits per heavy atom. The minimum Gasteiger partial charge on any atom is -0.478 e. The Balaban J connectivity index is 2.24. The number of nitrogens with zero attached hydrogens (tertiary/aromatic N) is 2. The van der Waals surface area contributed by atoms with Gasteiger partial charge in [0, 0.05) is 19.6 Å². The van der Waals surface area contributed by atoms with Crippen LogP contribution in [-0.4, -0.2) is 65.6 Å². The largest absolute Gasteiger partial charge is 0.478 e. The molecular weight excluding hydrogens is 360 g/mol. The molecule has 1 atom stereocenters. The maximum Gasteiger partial charge on any atom is 0.338 e. The van der Waals surface area contributed by atoms with Crippen molar-refractivity contribution >= 4 is 17.7 Å². The lowest BCUT2D eigenvalue weighted by Gasteiger charge is -2.44. The third-order valence-corrected chi connectivity index (χ3v) is 6.08. The quantitative estimate of drug-likeness (QED) is 0.622. The molecule has 0 aromatic heterocycles. The van der Waals surface area contributed by atoms with Crippen LogP contribution in [0.25, 0.3) is 0 Å². The number of rotatable bonds is 8. The fourth-order valence-corrected chi connectivity index (χ4v) is 4.73. The van der Waals surface area contributed by atoms with E-state index in [0.29, 0.717) is 11.0 Å². The van der Waals surface area contributed by atoms with E-state index in [-0.39, 0.29) is 6.17 Å². The third kappa shape index (κ3) is 6.26. The van der Waals surface area contributed by atoms with Gasteiger partial charge < -0.3 is 14.7 Å². The van der Waals surface area contributed by atoms with Crippen LogP contribution in [0, 0.1) is 5.41 Å². The highest BCUT2D eigenvalue weighted by Crippen LogP contribution is 2.36. The third-order valence-electron chi connectivity index (χ3n) is 5.08. The summed E-state index contributed by atoms with van der Waals surface area (Å²) < 4.78 is 5.53. The molecule has 1 saturated heterocycles. The molecule has 1 fully saturated rings. The Kier molecular flexibility index (Phi) is 8.25. The first-order valence-corrected chi connectivity index (χ1v) is 11.1. The van der Waals surface area contributed by atoms with E-state index in [1.165, 1.54) is 6.42 Å². The maximum atomic E-state index is 12.0. The molecule has 1 unspecified atom stereocenters. The van der Waals surface area contributed by atoms with Gasteiger partial charge in [0.15, 0.2) is 0 Å². The van der Waals surface area contributed by atoms with Gasteiger partial charge in [0.25, 0.3) is 0 Å². The Morgan fingerprint density at radius 3 is 2.52 bits per heavy atom. The number of ether oxygens (including phenoxy) is 1. The van der Waals surface area contributed by atoms with E-state index in [9.17, 15) is 9.90 Å². The summed E-state index contributed by atoms with van der Waals surface area (Å²) in [6.07, 6.45) is 5.68. The summed E-state index contributed by atoms with van der Waals surface area (Å²) in [6.45, 7) is 15.0. The van der Waals surface area contributed by atoms with Crippen molar-refractivity contribution < 1.29 is 14.6 Å². The van der Waals surface area contributed by atoms with Gasteiger partial charge in [-0.15, -0.1) is 11.8 Å². The van der Waals surface area contributed by atoms with Gasteiger partial charge in [-0.05, 0) is 42.6 Å². The zero-order chi connectivity index (χ0) is 20.0. The van der Waals surface area contributed by atoms with Gasteiger partial charge in [-0.2, -0.15) is 0 Å². The summed E-state index contributed by atoms with van der Waals surface area (Å²) in [5.41, 5.74) is 1.69. The molecule has 0 spiro atoms. The van der Waals surface area contributed by atoms with Crippen molar-refractivity contribution in [3.8, 4) is 0 Å². The lowest BCUT2D eigenvalue weighted by molar-refractivity contribution is -0.132. The van der Waals surface area contributed by atoms with Crippen molar-refractivity contribution in [1.82, 2.24) is 9.80 Å². The lowest BCUT2D eigenvalue weighted by Crippen LogP contribution is -2.52. The number of unbranched alkanes of at least 4 members (excludes halogenated alkanes) is 1. The first kappa shape index (κ1) is 22.3. The van der Waals surface area contributed by atoms with E-state index in [1.807, 2.05) is 6.92 Å². The van der Waals surface area contributed by atoms with Crippen LogP contribution in [0.2, 0.25) is 0 Å². The predicted molar refractivity (Wildman–Crippen MR) is 113 cm³/mol. The molecule has 2 rings (SSSR count). The second-order valence-electron chi connectivity index (χ2n) is 8.54. The van der Waals surface area contributed by atoms with Crippen LogP contribution in [0.1, 0.15) is 53.9 Å². The molecule has 0 aliphatic carbocycles. The van der Waals surface area contributed by atoms with Gasteiger partial charge in [-0.3, -0.25) is 4.90 Å². The molecule has 27 heavy (non-hydrogen) atoms. The molecule has 0 saturated carbocycles. The Hall–Kier alpha value is -0.980. The van der Waals surface area contributed by atoms with Crippen molar-refractivity contribution in [1.29, 1.82) is 0 Å². The van der Waals surface area contributed by atoms with Gasteiger partial charge in [-0.25, -0.2) is 4.79 Å². The summed E-state index contributed by atoms with van der Waals surface area (Å²) in [4.78, 5) is 16.7. The highest BCUT2D eigenvalue weighted by atomic mass is 32.2. The molecule has 2 heterocycles. The minimum atomic E-state index is -0.820. The summed E-state index contributed by atoms with van der Waals surface area (Å²) >= 11 is 1.66. The Bertz CT molecular complexity index is 574. The average molecular weight is 397 g/mol. The van der Waals surface area contributed by atoms with Gasteiger partial charge in [0.1, 0.15) is 6.17 Å². The van der Waals surface area contributed by atoms with Crippen molar-refractivity contribution in [2.45, 2.75) is 60.0 Å². The van der Waals surface area contributed by atoms with E-state index < -0.39 is 5.97 Å². The minimum absolute atomic E-state index is 0.126. The van der Waals surface area contributed by atoms with Gasteiger partial charge in [0.2, 0.25) is 0 Å². The first-order chi connectivity index (χ1) is 12.7. The average Bonchev–Trinajstić information content (AvgIpc) is 2.59. The summed E-state index contributed by atoms with van der Waals surface area (Å²) in [6, 6.07) is 0. The molecule has 0 radical (unpaired) electrons. The fourth-order valence-electron chi connectivity index (χ4n) is 3.70. The highest BCUT2D eigenvalue weighted by molar-refractivity contribution is 8.03. The van der Waals surface area contributed by atoms with Crippen LogP contribution >= 0.6 is 11.8 Å². The maximum absolute atomic E-state index is 12.0. The number of hydrogen-bond acceptors (Lipinski definition) is 5. The smallest absolute Gasteiger partial charge is 0.338 e. The number of aliphatic carboxylic acids is 1. The normalized spacial score (nSPS) is 22.2. The molecule has 6 heteroatoms. The molecular formula is C21H36N2O3S. The van der Waals surface area contributed by atoms with E-state index >= 15 is 0 Å². The van der Waals surface area contributed by atoms with Crippen molar-refractivity contribution in [2.24, 2.45) is 5.41 Å². The van der Waals surface area contributed by atoms with Crippen LogP contribution in [0.15, 0.2) is 22.3 Å². The van der Waals surface area contributed by atoms with Crippen LogP contribution in [0.3, 0.4) is 0 Å². The number of carboxylic acids is 1. The number of carbonyl (C=O) groups is 1. The molecule has 154 valence electrons. The van der Waals surface area contributed by atoms with Crippen LogP contribution in [0.5, 0.6) is 0 Å². The number of morpholine rings is 1. The van der Waals surface area contributed by atoms with Crippen LogP contribution in [-0.2, 0) is 9.53 Å². The number of thioether (sulfide) groups is 1. The molecule has 2 aliphatic heterocycles. The van der Waals surface area contributed by atoms with Crippen LogP contribution in [0.4, 0.5) is 0 Å². The predicted octanol–water partition coefficient (Wildman–Crippen LogP) is 4.17. The van der Waals surface area contributed by atoms with E-state index in [0.717, 1.165) is 62.0 Å². The lowest BCUT2D eigenvalue weighted by atomic mass is 9.90. The summed E-state index contributed by atoms with van der Waals surface area (Å²) in [7, 11) is 0. The standard InChI is InChI=1S/C21H36N2O3S/c1-6-27-19-18(20(24)25)16(2)15-17(22-11-13-26-14-12-22)23(19)10-8-7-9-21(3,4)5/h15,17H,6-14H2,1-5H3,(H,24,25). The highest BCUT2D eigenvalue weighted by Gasteiger charge is 2.34. The zero-order valence-electron chi connectivity index (χ0n) is 17.6. The second kappa shape index (κ2) is 9.99. The van der Waals surface area contributed by atoms with Crippen LogP contribution < -0.4 is 0 Å². The topological polar surface area (TPSA) is 53.0 Å². The molecule has 2 aliphatic rings. The van der Waals surface area contributed by atoms with Crippen molar-refractivity contribution in [3.05, 3.63) is 22.3 Å². The molecule has 0 amide bonds. The van der Waals surface area contributed by atoms with Gasteiger partial charge >= 0.3 is 5.97 Å². The first-order valence-electron chi connectivity index (χ1n) is 10.1. The van der Waals surface area contributed by atoms with E-state index in [4.69, 9.17) is 4.74 Å². The molecule has 5 nitrogen and oxygen atoms in total. The SMILES string of the molecule is CCSC1=C(C(=O)O)C(C)=CC(N2CCOCC2)N1CCCCC(C)(C)C.